The molecule has 0 spiro atoms. The second-order valence-corrected chi connectivity index (χ2v) is 18.7. The number of carbonyl (C=O) groups is 2. The monoisotopic (exact) mass is 902 g/mol. The molecule has 10 heteroatoms. The molecule has 2 fully saturated rings. The van der Waals surface area contributed by atoms with Gasteiger partial charge in [-0.3, -0.25) is 9.59 Å². The lowest BCUT2D eigenvalue weighted by molar-refractivity contribution is 0.0931. The Hall–Kier alpha value is -6.04. The third-order valence-electron chi connectivity index (χ3n) is 11.7. The normalized spacial score (nSPS) is 14.2. The molecule has 2 aliphatic heterocycles. The summed E-state index contributed by atoms with van der Waals surface area (Å²) in [5.41, 5.74) is 12.4. The standard InChI is InChI=1S/C29H29N3OS.C24H27N3OS.C2H6/c1-19-11-12-24(32-25-17-30-18-25)16-26(19)29(33)31-20(2)22-9-6-10-23(15-22)28-14-13-27(34-28)21-7-4-3-5-8-21;1-15-9-23(29-14-15)19-6-4-5-18(10-19)17(3)26-24(28)22-11-20(8-7-16(22)2)27-21-12-25-13-21;1-2/h3-16,20,25,30,32H,17-18H2,1-2H3,(H,31,33);4-11,14,17,21,25,27H,12-13H2,1-3H3,(H,26,28);1-2H3. The lowest BCUT2D eigenvalue weighted by atomic mass is 10.0. The van der Waals surface area contributed by atoms with E-state index in [1.807, 2.05) is 84.0 Å². The van der Waals surface area contributed by atoms with Crippen molar-refractivity contribution in [3.05, 3.63) is 178 Å². The van der Waals surface area contributed by atoms with Gasteiger partial charge in [-0.2, -0.15) is 0 Å². The number of thiophene rings is 2. The van der Waals surface area contributed by atoms with E-state index < -0.39 is 0 Å². The highest BCUT2D eigenvalue weighted by Gasteiger charge is 2.21. The Bertz CT molecular complexity index is 2680. The van der Waals surface area contributed by atoms with E-state index in [1.54, 1.807) is 22.7 Å². The molecular formula is C55H62N6O2S2. The minimum absolute atomic E-state index is 0.0391. The number of anilines is 2. The molecule has 8 nitrogen and oxygen atoms in total. The van der Waals surface area contributed by atoms with Crippen molar-refractivity contribution in [3.63, 3.8) is 0 Å². The highest BCUT2D eigenvalue weighted by molar-refractivity contribution is 7.18. The van der Waals surface area contributed by atoms with Crippen molar-refractivity contribution in [1.82, 2.24) is 21.3 Å². The third kappa shape index (κ3) is 12.2. The molecule has 5 aromatic carbocycles. The topological polar surface area (TPSA) is 106 Å². The molecular weight excluding hydrogens is 841 g/mol. The van der Waals surface area contributed by atoms with Crippen molar-refractivity contribution < 1.29 is 9.59 Å². The van der Waals surface area contributed by atoms with Crippen LogP contribution in [0.3, 0.4) is 0 Å². The van der Waals surface area contributed by atoms with E-state index in [2.05, 4.69) is 135 Å². The maximum absolute atomic E-state index is 13.1. The summed E-state index contributed by atoms with van der Waals surface area (Å²) in [5.74, 6) is -0.0870. The van der Waals surface area contributed by atoms with Crippen molar-refractivity contribution in [2.24, 2.45) is 0 Å². The average molecular weight is 903 g/mol. The second-order valence-electron chi connectivity index (χ2n) is 16.7. The Morgan fingerprint density at radius 2 is 1.00 bits per heavy atom. The van der Waals surface area contributed by atoms with Crippen LogP contribution in [-0.4, -0.2) is 50.1 Å². The molecule has 65 heavy (non-hydrogen) atoms. The first kappa shape index (κ1) is 46.9. The van der Waals surface area contributed by atoms with E-state index >= 15 is 0 Å². The van der Waals surface area contributed by atoms with Crippen molar-refractivity contribution in [3.8, 4) is 31.3 Å². The van der Waals surface area contributed by atoms with Crippen molar-refractivity contribution in [1.29, 1.82) is 0 Å². The maximum Gasteiger partial charge on any atom is 0.252 e. The third-order valence-corrected chi connectivity index (χ3v) is 14.0. The molecule has 2 atom stereocenters. The molecule has 0 saturated carbocycles. The molecule has 2 aromatic heterocycles. The van der Waals surface area contributed by atoms with Crippen LogP contribution in [0, 0.1) is 20.8 Å². The fourth-order valence-electron chi connectivity index (χ4n) is 7.64. The molecule has 2 aliphatic rings. The number of benzene rings is 5. The smallest absolute Gasteiger partial charge is 0.252 e. The number of rotatable bonds is 13. The van der Waals surface area contributed by atoms with Gasteiger partial charge in [0.25, 0.3) is 11.8 Å². The Morgan fingerprint density at radius 3 is 1.45 bits per heavy atom. The molecule has 336 valence electrons. The lowest BCUT2D eigenvalue weighted by Crippen LogP contribution is -2.51. The van der Waals surface area contributed by atoms with Gasteiger partial charge in [0.1, 0.15) is 0 Å². The fourth-order valence-corrected chi connectivity index (χ4v) is 9.54. The lowest BCUT2D eigenvalue weighted by Gasteiger charge is -2.29. The first-order valence-electron chi connectivity index (χ1n) is 22.7. The summed E-state index contributed by atoms with van der Waals surface area (Å²) in [6.45, 7) is 18.0. The zero-order chi connectivity index (χ0) is 45.9. The molecule has 4 heterocycles. The van der Waals surface area contributed by atoms with E-state index in [1.165, 1.54) is 36.9 Å². The number of hydrogen-bond acceptors (Lipinski definition) is 8. The van der Waals surface area contributed by atoms with Crippen LogP contribution < -0.4 is 31.9 Å². The van der Waals surface area contributed by atoms with Gasteiger partial charge in [-0.1, -0.05) is 92.7 Å². The zero-order valence-corrected chi connectivity index (χ0v) is 40.2. The first-order chi connectivity index (χ1) is 31.6. The van der Waals surface area contributed by atoms with Gasteiger partial charge < -0.3 is 31.9 Å². The molecule has 0 radical (unpaired) electrons. The molecule has 2 saturated heterocycles. The van der Waals surface area contributed by atoms with E-state index in [-0.39, 0.29) is 23.9 Å². The van der Waals surface area contributed by atoms with Gasteiger partial charge in [0.05, 0.1) is 24.2 Å². The molecule has 0 aliphatic carbocycles. The number of carbonyl (C=O) groups excluding carboxylic acids is 2. The van der Waals surface area contributed by atoms with Crippen molar-refractivity contribution in [2.75, 3.05) is 36.8 Å². The number of aryl methyl sites for hydroxylation is 3. The van der Waals surface area contributed by atoms with Crippen molar-refractivity contribution >= 4 is 45.9 Å². The Balaban J connectivity index is 0.000000189. The predicted octanol–water partition coefficient (Wildman–Crippen LogP) is 12.2. The van der Waals surface area contributed by atoms with Crippen LogP contribution in [0.1, 0.15) is 88.3 Å². The Labute approximate surface area is 393 Å². The van der Waals surface area contributed by atoms with Crippen LogP contribution in [0.25, 0.3) is 31.3 Å². The van der Waals surface area contributed by atoms with Gasteiger partial charge in [-0.25, -0.2) is 0 Å². The van der Waals surface area contributed by atoms with E-state index in [4.69, 9.17) is 0 Å². The van der Waals surface area contributed by atoms with Gasteiger partial charge in [0.2, 0.25) is 0 Å². The van der Waals surface area contributed by atoms with Crippen LogP contribution >= 0.6 is 22.7 Å². The predicted molar refractivity (Wildman–Crippen MR) is 276 cm³/mol. The van der Waals surface area contributed by atoms with Crippen molar-refractivity contribution in [2.45, 2.75) is 72.6 Å². The highest BCUT2D eigenvalue weighted by atomic mass is 32.1. The summed E-state index contributed by atoms with van der Waals surface area (Å²) in [4.78, 5) is 29.8. The largest absolute Gasteiger partial charge is 0.380 e. The molecule has 7 aromatic rings. The number of hydrogen-bond donors (Lipinski definition) is 6. The molecule has 2 amide bonds. The number of amides is 2. The average Bonchev–Trinajstić information content (AvgIpc) is 3.98. The minimum Gasteiger partial charge on any atom is -0.380 e. The molecule has 2 unspecified atom stereocenters. The van der Waals surface area contributed by atoms with Gasteiger partial charge in [-0.15, -0.1) is 22.7 Å². The van der Waals surface area contributed by atoms with Crippen LogP contribution in [0.15, 0.2) is 139 Å². The first-order valence-corrected chi connectivity index (χ1v) is 24.4. The van der Waals surface area contributed by atoms with Crippen LogP contribution in [0.5, 0.6) is 0 Å². The highest BCUT2D eigenvalue weighted by Crippen LogP contribution is 2.35. The summed E-state index contributed by atoms with van der Waals surface area (Å²) in [6.07, 6.45) is 0. The Morgan fingerprint density at radius 1 is 0.538 bits per heavy atom. The zero-order valence-electron chi connectivity index (χ0n) is 38.5. The van der Waals surface area contributed by atoms with Crippen LogP contribution in [0.4, 0.5) is 11.4 Å². The minimum atomic E-state index is -0.104. The molecule has 6 N–H and O–H groups in total. The Kier molecular flexibility index (Phi) is 16.1. The quantitative estimate of drug-likeness (QED) is 0.0689. The van der Waals surface area contributed by atoms with E-state index in [9.17, 15) is 9.59 Å². The summed E-state index contributed by atoms with van der Waals surface area (Å²) in [7, 11) is 0. The fraction of sp³-hybridized carbons (Fsp3) is 0.273. The summed E-state index contributed by atoms with van der Waals surface area (Å²) in [6, 6.07) is 46.6. The van der Waals surface area contributed by atoms with Crippen LogP contribution in [-0.2, 0) is 0 Å². The van der Waals surface area contributed by atoms with Gasteiger partial charge >= 0.3 is 0 Å². The molecule has 0 bridgehead atoms. The second kappa shape index (κ2) is 22.2. The van der Waals surface area contributed by atoms with Gasteiger partial charge in [0.15, 0.2) is 0 Å². The van der Waals surface area contributed by atoms with Gasteiger partial charge in [0, 0.05) is 63.3 Å². The van der Waals surface area contributed by atoms with E-state index in [0.717, 1.165) is 65.4 Å². The van der Waals surface area contributed by atoms with Crippen LogP contribution in [0.2, 0.25) is 0 Å². The van der Waals surface area contributed by atoms with E-state index in [0.29, 0.717) is 17.6 Å². The summed E-state index contributed by atoms with van der Waals surface area (Å²) >= 11 is 3.54. The summed E-state index contributed by atoms with van der Waals surface area (Å²) < 4.78 is 0. The van der Waals surface area contributed by atoms with Gasteiger partial charge in [-0.05, 0) is 139 Å². The number of nitrogens with one attached hydrogen (secondary N) is 6. The SMILES string of the molecule is CC.Cc1ccc(NC2CNC2)cc1C(=O)NC(C)c1cccc(-c2ccc(-c3ccccc3)s2)c1.Cc1csc(-c2cccc(C(C)NC(=O)c3cc(NC4CNC4)ccc3C)c2)c1. The summed E-state index contributed by atoms with van der Waals surface area (Å²) in [5, 5.41) is 22.0. The molecule has 9 rings (SSSR count). The maximum atomic E-state index is 13.1.